The minimum atomic E-state index is -4.17. The summed E-state index contributed by atoms with van der Waals surface area (Å²) < 4.78 is 42.8. The van der Waals surface area contributed by atoms with E-state index in [0.29, 0.717) is 19.1 Å². The summed E-state index contributed by atoms with van der Waals surface area (Å²) in [6, 6.07) is 0. The van der Waals surface area contributed by atoms with E-state index >= 15 is 0 Å². The zero-order valence-corrected chi connectivity index (χ0v) is 11.2. The van der Waals surface area contributed by atoms with E-state index in [-0.39, 0.29) is 31.6 Å². The van der Waals surface area contributed by atoms with Crippen LogP contribution in [-0.4, -0.2) is 43.8 Å². The number of nitrogens with one attached hydrogen (secondary N) is 2. The summed E-state index contributed by atoms with van der Waals surface area (Å²) in [5.74, 6) is -1.26. The second kappa shape index (κ2) is 5.59. The Bertz CT molecular complexity index is 401. The van der Waals surface area contributed by atoms with Gasteiger partial charge in [-0.2, -0.15) is 13.2 Å². The van der Waals surface area contributed by atoms with E-state index in [1.165, 1.54) is 0 Å². The number of alkyl halides is 3. The van der Waals surface area contributed by atoms with Crippen molar-refractivity contribution in [3.8, 4) is 0 Å². The summed E-state index contributed by atoms with van der Waals surface area (Å²) in [5.41, 5.74) is -0.923. The van der Waals surface area contributed by atoms with Gasteiger partial charge in [-0.05, 0) is 25.7 Å². The second-order valence-electron chi connectivity index (χ2n) is 5.20. The third-order valence-electron chi connectivity index (χ3n) is 3.89. The zero-order chi connectivity index (χ0) is 14.8. The lowest BCUT2D eigenvalue weighted by Gasteiger charge is -2.35. The van der Waals surface area contributed by atoms with Crippen LogP contribution in [0, 0.1) is 5.92 Å². The molecule has 1 amide bonds. The van der Waals surface area contributed by atoms with Gasteiger partial charge in [0.05, 0.1) is 19.1 Å². The van der Waals surface area contributed by atoms with Gasteiger partial charge in [-0.1, -0.05) is 0 Å². The van der Waals surface area contributed by atoms with E-state index in [4.69, 9.17) is 4.74 Å². The van der Waals surface area contributed by atoms with Crippen LogP contribution in [0.3, 0.4) is 0 Å². The van der Waals surface area contributed by atoms with Crippen molar-refractivity contribution in [3.05, 3.63) is 0 Å². The first-order valence-corrected chi connectivity index (χ1v) is 6.57. The number of hydrogen-bond acceptors (Lipinski definition) is 3. The molecule has 1 aliphatic carbocycles. The van der Waals surface area contributed by atoms with Crippen LogP contribution in [0.2, 0.25) is 0 Å². The lowest BCUT2D eigenvalue weighted by Crippen LogP contribution is -2.50. The maximum atomic E-state index is 12.6. The number of aliphatic imine (C=N–C) groups is 1. The van der Waals surface area contributed by atoms with Crippen LogP contribution in [0.15, 0.2) is 4.99 Å². The van der Waals surface area contributed by atoms with Gasteiger partial charge >= 0.3 is 6.18 Å². The Morgan fingerprint density at radius 2 is 2.05 bits per heavy atom. The molecule has 1 heterocycles. The van der Waals surface area contributed by atoms with Gasteiger partial charge in [-0.25, -0.2) is 0 Å². The molecule has 0 radical (unpaired) electrons. The average Bonchev–Trinajstić information content (AvgIpc) is 2.66. The molecule has 2 N–H and O–H groups in total. The molecule has 0 aromatic rings. The highest BCUT2D eigenvalue weighted by Crippen LogP contribution is 2.41. The molecule has 20 heavy (non-hydrogen) atoms. The fourth-order valence-electron chi connectivity index (χ4n) is 2.66. The van der Waals surface area contributed by atoms with Crippen LogP contribution in [-0.2, 0) is 9.53 Å². The van der Waals surface area contributed by atoms with E-state index in [2.05, 4.69) is 15.6 Å². The summed E-state index contributed by atoms with van der Waals surface area (Å²) >= 11 is 0. The van der Waals surface area contributed by atoms with Crippen molar-refractivity contribution in [2.75, 3.05) is 20.3 Å². The highest BCUT2D eigenvalue weighted by atomic mass is 19.4. The Labute approximate surface area is 115 Å². The molecule has 2 fully saturated rings. The summed E-state index contributed by atoms with van der Waals surface area (Å²) in [7, 11) is 1.54. The molecule has 1 aliphatic heterocycles. The fourth-order valence-corrected chi connectivity index (χ4v) is 2.66. The topological polar surface area (TPSA) is 62.7 Å². The lowest BCUT2D eigenvalue weighted by atomic mass is 9.76. The third kappa shape index (κ3) is 3.05. The summed E-state index contributed by atoms with van der Waals surface area (Å²) in [6.45, 7) is 0.810. The number of carbonyl (C=O) groups excluding carboxylic acids is 1. The molecule has 5 nitrogen and oxygen atoms in total. The van der Waals surface area contributed by atoms with Crippen molar-refractivity contribution < 1.29 is 22.7 Å². The van der Waals surface area contributed by atoms with E-state index in [1.54, 1.807) is 7.11 Å². The highest BCUT2D eigenvalue weighted by Gasteiger charge is 2.51. The van der Waals surface area contributed by atoms with Crippen molar-refractivity contribution in [2.45, 2.75) is 37.4 Å². The minimum absolute atomic E-state index is 0.0325. The molecular formula is C12H18F3N3O2. The van der Waals surface area contributed by atoms with E-state index in [1.807, 2.05) is 0 Å². The second-order valence-corrected chi connectivity index (χ2v) is 5.20. The minimum Gasteiger partial charge on any atom is -0.383 e. The van der Waals surface area contributed by atoms with Crippen LogP contribution in [0.1, 0.15) is 25.7 Å². The Balaban J connectivity index is 1.97. The molecule has 1 saturated carbocycles. The number of hydrogen-bond donors (Lipinski definition) is 2. The van der Waals surface area contributed by atoms with Crippen LogP contribution >= 0.6 is 0 Å². The summed E-state index contributed by atoms with van der Waals surface area (Å²) in [4.78, 5) is 16.1. The maximum absolute atomic E-state index is 12.6. The van der Waals surface area contributed by atoms with Crippen LogP contribution in [0.5, 0.6) is 0 Å². The first-order chi connectivity index (χ1) is 9.37. The van der Waals surface area contributed by atoms with Gasteiger partial charge in [0, 0.05) is 7.11 Å². The SMILES string of the molecule is COCCN=C1NC(=O)C2(CCC(C(F)(F)F)CC2)N1. The fraction of sp³-hybridized carbons (Fsp3) is 0.833. The Morgan fingerprint density at radius 3 is 2.60 bits per heavy atom. The number of halogens is 3. The number of methoxy groups -OCH3 is 1. The molecule has 1 saturated heterocycles. The standard InChI is InChI=1S/C12H18F3N3O2/c1-20-7-6-16-10-17-9(19)11(18-10)4-2-8(3-5-11)12(13,14)15/h8H,2-7H2,1H3,(H2,16,17,18,19). The van der Waals surface area contributed by atoms with Gasteiger partial charge in [0.1, 0.15) is 5.54 Å². The van der Waals surface area contributed by atoms with Crippen molar-refractivity contribution >= 4 is 11.9 Å². The molecule has 0 unspecified atom stereocenters. The molecule has 2 rings (SSSR count). The number of amides is 1. The molecule has 0 bridgehead atoms. The number of carbonyl (C=O) groups is 1. The quantitative estimate of drug-likeness (QED) is 0.769. The van der Waals surface area contributed by atoms with Crippen molar-refractivity contribution in [1.29, 1.82) is 0 Å². The zero-order valence-electron chi connectivity index (χ0n) is 11.2. The van der Waals surface area contributed by atoms with E-state index < -0.39 is 17.6 Å². The van der Waals surface area contributed by atoms with E-state index in [0.717, 1.165) is 0 Å². The van der Waals surface area contributed by atoms with Crippen molar-refractivity contribution in [1.82, 2.24) is 10.6 Å². The first-order valence-electron chi connectivity index (χ1n) is 6.57. The predicted molar refractivity (Wildman–Crippen MR) is 66.2 cm³/mol. The van der Waals surface area contributed by atoms with Gasteiger partial charge in [0.2, 0.25) is 0 Å². The first kappa shape index (κ1) is 15.1. The molecular weight excluding hydrogens is 275 g/mol. The summed E-state index contributed by atoms with van der Waals surface area (Å²) in [5, 5.41) is 5.54. The van der Waals surface area contributed by atoms with Crippen LogP contribution in [0.4, 0.5) is 13.2 Å². The van der Waals surface area contributed by atoms with Crippen LogP contribution < -0.4 is 10.6 Å². The van der Waals surface area contributed by atoms with Gasteiger partial charge in [-0.15, -0.1) is 0 Å². The predicted octanol–water partition coefficient (Wildman–Crippen LogP) is 1.20. The normalized spacial score (nSPS) is 32.5. The van der Waals surface area contributed by atoms with Crippen molar-refractivity contribution in [2.24, 2.45) is 10.9 Å². The number of guanidine groups is 1. The average molecular weight is 293 g/mol. The van der Waals surface area contributed by atoms with Crippen molar-refractivity contribution in [3.63, 3.8) is 0 Å². The smallest absolute Gasteiger partial charge is 0.383 e. The van der Waals surface area contributed by atoms with Crippen LogP contribution in [0.25, 0.3) is 0 Å². The van der Waals surface area contributed by atoms with Gasteiger partial charge in [0.25, 0.3) is 5.91 Å². The number of ether oxygens (including phenoxy) is 1. The monoisotopic (exact) mass is 293 g/mol. The Kier molecular flexibility index (Phi) is 4.22. The van der Waals surface area contributed by atoms with Gasteiger partial charge in [-0.3, -0.25) is 15.1 Å². The Morgan fingerprint density at radius 1 is 1.40 bits per heavy atom. The van der Waals surface area contributed by atoms with Gasteiger partial charge in [0.15, 0.2) is 5.96 Å². The maximum Gasteiger partial charge on any atom is 0.391 e. The van der Waals surface area contributed by atoms with E-state index in [9.17, 15) is 18.0 Å². The molecule has 0 aromatic heterocycles. The largest absolute Gasteiger partial charge is 0.391 e. The molecule has 0 aromatic carbocycles. The van der Waals surface area contributed by atoms with Gasteiger partial charge < -0.3 is 10.1 Å². The third-order valence-corrected chi connectivity index (χ3v) is 3.89. The molecule has 1 spiro atoms. The molecule has 8 heteroatoms. The molecule has 114 valence electrons. The number of rotatable bonds is 3. The lowest BCUT2D eigenvalue weighted by molar-refractivity contribution is -0.185. The Hall–Kier alpha value is -1.31. The summed E-state index contributed by atoms with van der Waals surface area (Å²) in [6.07, 6.45) is -3.89. The number of nitrogens with zero attached hydrogens (tertiary/aromatic N) is 1. The highest BCUT2D eigenvalue weighted by molar-refractivity contribution is 6.09. The molecule has 2 aliphatic rings. The molecule has 0 atom stereocenters.